The quantitative estimate of drug-likeness (QED) is 0.878. The molecule has 0 atom stereocenters. The summed E-state index contributed by atoms with van der Waals surface area (Å²) in [5, 5.41) is 2.56. The zero-order chi connectivity index (χ0) is 15.4. The van der Waals surface area contributed by atoms with Crippen molar-refractivity contribution in [3.8, 4) is 5.75 Å². The predicted octanol–water partition coefficient (Wildman–Crippen LogP) is 3.29. The van der Waals surface area contributed by atoms with E-state index in [2.05, 4.69) is 5.32 Å². The Morgan fingerprint density at radius 2 is 1.90 bits per heavy atom. The first-order valence-corrected chi connectivity index (χ1v) is 6.27. The van der Waals surface area contributed by atoms with Crippen molar-refractivity contribution in [1.82, 2.24) is 0 Å². The molecule has 0 fully saturated rings. The van der Waals surface area contributed by atoms with Gasteiger partial charge in [0.25, 0.3) is 5.91 Å². The smallest absolute Gasteiger partial charge is 0.258 e. The fourth-order valence-electron chi connectivity index (χ4n) is 1.82. The Bertz CT molecular complexity index is 698. The van der Waals surface area contributed by atoms with Gasteiger partial charge in [0.15, 0.2) is 5.78 Å². The third-order valence-electron chi connectivity index (χ3n) is 2.95. The fourth-order valence-corrected chi connectivity index (χ4v) is 1.82. The highest BCUT2D eigenvalue weighted by molar-refractivity contribution is 6.05. The lowest BCUT2D eigenvalue weighted by atomic mass is 10.1. The highest BCUT2D eigenvalue weighted by atomic mass is 19.1. The lowest BCUT2D eigenvalue weighted by Crippen LogP contribution is -2.14. The van der Waals surface area contributed by atoms with Crippen molar-refractivity contribution in [2.45, 2.75) is 6.92 Å². The number of halogens is 1. The summed E-state index contributed by atoms with van der Waals surface area (Å²) >= 11 is 0. The summed E-state index contributed by atoms with van der Waals surface area (Å²) in [6.45, 7) is 1.43. The van der Waals surface area contributed by atoms with Gasteiger partial charge in [0.2, 0.25) is 0 Å². The number of hydrogen-bond acceptors (Lipinski definition) is 3. The van der Waals surface area contributed by atoms with Crippen molar-refractivity contribution in [2.75, 3.05) is 12.4 Å². The van der Waals surface area contributed by atoms with Crippen LogP contribution in [0.5, 0.6) is 5.75 Å². The Morgan fingerprint density at radius 3 is 2.52 bits per heavy atom. The van der Waals surface area contributed by atoms with Crippen LogP contribution in [0.25, 0.3) is 0 Å². The van der Waals surface area contributed by atoms with Gasteiger partial charge in [-0.25, -0.2) is 4.39 Å². The Kier molecular flexibility index (Phi) is 4.33. The second-order valence-corrected chi connectivity index (χ2v) is 4.44. The van der Waals surface area contributed by atoms with E-state index < -0.39 is 11.7 Å². The number of carbonyl (C=O) groups excluding carboxylic acids is 2. The molecule has 0 bridgehead atoms. The molecular formula is C16H14FNO3. The molecule has 0 aromatic heterocycles. The Morgan fingerprint density at radius 1 is 1.14 bits per heavy atom. The van der Waals surface area contributed by atoms with Crippen molar-refractivity contribution in [3.05, 3.63) is 59.4 Å². The van der Waals surface area contributed by atoms with Crippen LogP contribution in [-0.2, 0) is 0 Å². The molecule has 4 nitrogen and oxygen atoms in total. The van der Waals surface area contributed by atoms with E-state index in [-0.39, 0.29) is 11.3 Å². The molecule has 2 aromatic carbocycles. The maximum atomic E-state index is 13.8. The Hall–Kier alpha value is -2.69. The molecule has 0 unspecified atom stereocenters. The van der Waals surface area contributed by atoms with Gasteiger partial charge in [-0.3, -0.25) is 9.59 Å². The molecule has 2 aromatic rings. The number of rotatable bonds is 4. The molecule has 21 heavy (non-hydrogen) atoms. The minimum Gasteiger partial charge on any atom is -0.497 e. The number of hydrogen-bond donors (Lipinski definition) is 1. The van der Waals surface area contributed by atoms with Gasteiger partial charge in [0.1, 0.15) is 11.6 Å². The van der Waals surface area contributed by atoms with Gasteiger partial charge in [-0.1, -0.05) is 12.1 Å². The molecule has 108 valence electrons. The molecule has 0 aliphatic carbocycles. The van der Waals surface area contributed by atoms with Crippen molar-refractivity contribution in [2.24, 2.45) is 0 Å². The molecule has 0 saturated carbocycles. The van der Waals surface area contributed by atoms with Gasteiger partial charge in [-0.05, 0) is 31.2 Å². The third-order valence-corrected chi connectivity index (χ3v) is 2.95. The van der Waals surface area contributed by atoms with Gasteiger partial charge in [0, 0.05) is 17.3 Å². The van der Waals surface area contributed by atoms with Crippen molar-refractivity contribution in [3.63, 3.8) is 0 Å². The van der Waals surface area contributed by atoms with Crippen LogP contribution in [0.1, 0.15) is 27.6 Å². The lowest BCUT2D eigenvalue weighted by Gasteiger charge is -2.08. The number of methoxy groups -OCH3 is 1. The first kappa shape index (κ1) is 14.7. The van der Waals surface area contributed by atoms with E-state index in [1.165, 1.54) is 26.2 Å². The molecule has 0 heterocycles. The first-order chi connectivity index (χ1) is 10.0. The monoisotopic (exact) mass is 287 g/mol. The van der Waals surface area contributed by atoms with Gasteiger partial charge < -0.3 is 10.1 Å². The van der Waals surface area contributed by atoms with Crippen LogP contribution in [0.2, 0.25) is 0 Å². The average Bonchev–Trinajstić information content (AvgIpc) is 2.47. The maximum Gasteiger partial charge on any atom is 0.258 e. The summed E-state index contributed by atoms with van der Waals surface area (Å²) in [4.78, 5) is 23.3. The van der Waals surface area contributed by atoms with E-state index in [0.29, 0.717) is 17.0 Å². The molecule has 0 aliphatic heterocycles. The largest absolute Gasteiger partial charge is 0.497 e. The number of anilines is 1. The topological polar surface area (TPSA) is 55.4 Å². The predicted molar refractivity (Wildman–Crippen MR) is 77.4 cm³/mol. The van der Waals surface area contributed by atoms with Gasteiger partial charge in [-0.15, -0.1) is 0 Å². The molecule has 0 aliphatic rings. The number of ketones is 1. The highest BCUT2D eigenvalue weighted by Crippen LogP contribution is 2.18. The number of amides is 1. The third kappa shape index (κ3) is 3.45. The molecular weight excluding hydrogens is 273 g/mol. The molecule has 2 rings (SSSR count). The number of benzene rings is 2. The van der Waals surface area contributed by atoms with Crippen LogP contribution in [0, 0.1) is 5.82 Å². The van der Waals surface area contributed by atoms with E-state index >= 15 is 0 Å². The van der Waals surface area contributed by atoms with Crippen molar-refractivity contribution >= 4 is 17.4 Å². The molecule has 0 saturated heterocycles. The van der Waals surface area contributed by atoms with Gasteiger partial charge in [0.05, 0.1) is 12.7 Å². The molecule has 1 amide bonds. The zero-order valence-electron chi connectivity index (χ0n) is 11.6. The number of carbonyl (C=O) groups is 2. The average molecular weight is 287 g/mol. The molecule has 1 N–H and O–H groups in total. The summed E-state index contributed by atoms with van der Waals surface area (Å²) < 4.78 is 18.7. The summed E-state index contributed by atoms with van der Waals surface area (Å²) in [6.07, 6.45) is 0. The van der Waals surface area contributed by atoms with Gasteiger partial charge in [-0.2, -0.15) is 0 Å². The second kappa shape index (κ2) is 6.17. The minimum atomic E-state index is -0.672. The van der Waals surface area contributed by atoms with Crippen LogP contribution in [0.3, 0.4) is 0 Å². The second-order valence-electron chi connectivity index (χ2n) is 4.44. The van der Waals surface area contributed by atoms with Crippen molar-refractivity contribution < 1.29 is 18.7 Å². The fraction of sp³-hybridized carbons (Fsp3) is 0.125. The van der Waals surface area contributed by atoms with E-state index in [9.17, 15) is 14.0 Å². The van der Waals surface area contributed by atoms with E-state index in [1.807, 2.05) is 0 Å². The highest BCUT2D eigenvalue weighted by Gasteiger charge is 2.13. The van der Waals surface area contributed by atoms with Crippen LogP contribution in [0.4, 0.5) is 10.1 Å². The van der Waals surface area contributed by atoms with Crippen molar-refractivity contribution in [1.29, 1.82) is 0 Å². The zero-order valence-corrected chi connectivity index (χ0v) is 11.6. The number of nitrogens with one attached hydrogen (secondary N) is 1. The van der Waals surface area contributed by atoms with Crippen LogP contribution in [0.15, 0.2) is 42.5 Å². The standard InChI is InChI=1S/C16H14FNO3/c1-10(19)11-4-3-5-12(8-11)18-16(20)14-7-6-13(21-2)9-15(14)17/h3-9H,1-2H3,(H,18,20). The van der Waals surface area contributed by atoms with Gasteiger partial charge >= 0.3 is 0 Å². The Labute approximate surface area is 121 Å². The minimum absolute atomic E-state index is 0.0935. The van der Waals surface area contributed by atoms with Crippen LogP contribution in [-0.4, -0.2) is 18.8 Å². The SMILES string of the molecule is COc1ccc(C(=O)Nc2cccc(C(C)=O)c2)c(F)c1. The van der Waals surface area contributed by atoms with E-state index in [4.69, 9.17) is 4.74 Å². The number of ether oxygens (including phenoxy) is 1. The lowest BCUT2D eigenvalue weighted by molar-refractivity contribution is 0.100. The van der Waals surface area contributed by atoms with E-state index in [1.54, 1.807) is 24.3 Å². The summed E-state index contributed by atoms with van der Waals surface area (Å²) in [6, 6.07) is 10.5. The Balaban J connectivity index is 2.22. The van der Waals surface area contributed by atoms with Crippen LogP contribution >= 0.6 is 0 Å². The molecule has 0 spiro atoms. The molecule has 5 heteroatoms. The summed E-state index contributed by atoms with van der Waals surface area (Å²) in [7, 11) is 1.42. The first-order valence-electron chi connectivity index (χ1n) is 6.27. The van der Waals surface area contributed by atoms with E-state index in [0.717, 1.165) is 6.07 Å². The van der Waals surface area contributed by atoms with Crippen LogP contribution < -0.4 is 10.1 Å². The summed E-state index contributed by atoms with van der Waals surface area (Å²) in [5.41, 5.74) is 0.815. The molecule has 0 radical (unpaired) electrons. The maximum absolute atomic E-state index is 13.8. The number of Topliss-reactive ketones (excluding diaryl/α,β-unsaturated/α-hetero) is 1. The normalized spacial score (nSPS) is 10.0. The summed E-state index contributed by atoms with van der Waals surface area (Å²) in [5.74, 6) is -1.03.